The fraction of sp³-hybridized carbons (Fsp3) is 0.643. The molecule has 2 heterocycles. The molecule has 110 valence electrons. The Labute approximate surface area is 123 Å². The highest BCUT2D eigenvalue weighted by Gasteiger charge is 2.29. The molecule has 1 aliphatic heterocycles. The van der Waals surface area contributed by atoms with Gasteiger partial charge in [0.05, 0.1) is 16.6 Å². The second-order valence-electron chi connectivity index (χ2n) is 5.23. The summed E-state index contributed by atoms with van der Waals surface area (Å²) in [6.07, 6.45) is 1.59. The van der Waals surface area contributed by atoms with Crippen LogP contribution < -0.4 is 5.32 Å². The third-order valence-corrected chi connectivity index (χ3v) is 4.79. The number of hydrogen-bond donors (Lipinski definition) is 1. The van der Waals surface area contributed by atoms with Gasteiger partial charge < -0.3 is 10.2 Å². The SMILES string of the molecule is CC(=O)N1CC[C@@H](C(=O)NCCc2sc(C)nc2C)C1. The molecule has 2 amide bonds. The molecule has 1 fully saturated rings. The van der Waals surface area contributed by atoms with Gasteiger partial charge in [-0.05, 0) is 20.3 Å². The van der Waals surface area contributed by atoms with Crippen LogP contribution in [0.4, 0.5) is 0 Å². The van der Waals surface area contributed by atoms with Crippen molar-refractivity contribution < 1.29 is 9.59 Å². The van der Waals surface area contributed by atoms with Gasteiger partial charge in [0.2, 0.25) is 11.8 Å². The molecule has 20 heavy (non-hydrogen) atoms. The molecule has 0 unspecified atom stereocenters. The summed E-state index contributed by atoms with van der Waals surface area (Å²) in [6, 6.07) is 0. The minimum Gasteiger partial charge on any atom is -0.355 e. The molecule has 1 atom stereocenters. The fourth-order valence-electron chi connectivity index (χ4n) is 2.51. The quantitative estimate of drug-likeness (QED) is 0.910. The van der Waals surface area contributed by atoms with Gasteiger partial charge >= 0.3 is 0 Å². The Morgan fingerprint density at radius 2 is 2.20 bits per heavy atom. The summed E-state index contributed by atoms with van der Waals surface area (Å²) in [4.78, 5) is 30.6. The lowest BCUT2D eigenvalue weighted by Gasteiger charge is -2.13. The number of thiazole rings is 1. The van der Waals surface area contributed by atoms with E-state index < -0.39 is 0 Å². The van der Waals surface area contributed by atoms with Crippen molar-refractivity contribution in [1.82, 2.24) is 15.2 Å². The highest BCUT2D eigenvalue weighted by molar-refractivity contribution is 7.11. The van der Waals surface area contributed by atoms with Gasteiger partial charge in [0, 0.05) is 37.9 Å². The standard InChI is InChI=1S/C14H21N3O2S/c1-9-13(20-10(2)16-9)4-6-15-14(19)12-5-7-17(8-12)11(3)18/h12H,4-8H2,1-3H3,(H,15,19)/t12-/m1/s1. The first kappa shape index (κ1) is 15.0. The molecule has 1 aliphatic rings. The third-order valence-electron chi connectivity index (χ3n) is 3.66. The van der Waals surface area contributed by atoms with Gasteiger partial charge in [-0.25, -0.2) is 4.98 Å². The average molecular weight is 295 g/mol. The maximum atomic E-state index is 12.0. The van der Waals surface area contributed by atoms with Crippen LogP contribution in [0.5, 0.6) is 0 Å². The number of aromatic nitrogens is 1. The van der Waals surface area contributed by atoms with Gasteiger partial charge in [-0.3, -0.25) is 9.59 Å². The van der Waals surface area contributed by atoms with Crippen molar-refractivity contribution in [1.29, 1.82) is 0 Å². The second-order valence-corrected chi connectivity index (χ2v) is 6.52. The molecule has 1 aromatic heterocycles. The summed E-state index contributed by atoms with van der Waals surface area (Å²) >= 11 is 1.69. The molecule has 0 aromatic carbocycles. The molecule has 5 nitrogen and oxygen atoms in total. The molecule has 2 rings (SSSR count). The Kier molecular flexibility index (Phi) is 4.75. The summed E-state index contributed by atoms with van der Waals surface area (Å²) in [5, 5.41) is 4.04. The van der Waals surface area contributed by atoms with E-state index >= 15 is 0 Å². The first-order valence-corrected chi connectivity index (χ1v) is 7.75. The summed E-state index contributed by atoms with van der Waals surface area (Å²) in [5.41, 5.74) is 1.06. The Morgan fingerprint density at radius 3 is 2.75 bits per heavy atom. The Bertz CT molecular complexity index is 513. The van der Waals surface area contributed by atoms with E-state index in [0.717, 1.165) is 23.5 Å². The van der Waals surface area contributed by atoms with Crippen molar-refractivity contribution in [3.05, 3.63) is 15.6 Å². The van der Waals surface area contributed by atoms with Crippen molar-refractivity contribution in [2.45, 2.75) is 33.6 Å². The van der Waals surface area contributed by atoms with Crippen LogP contribution in [0, 0.1) is 19.8 Å². The topological polar surface area (TPSA) is 62.3 Å². The molecule has 0 aliphatic carbocycles. The number of nitrogens with zero attached hydrogens (tertiary/aromatic N) is 2. The molecule has 0 saturated carbocycles. The predicted octanol–water partition coefficient (Wildman–Crippen LogP) is 1.29. The number of carbonyl (C=O) groups excluding carboxylic acids is 2. The largest absolute Gasteiger partial charge is 0.355 e. The van der Waals surface area contributed by atoms with E-state index in [9.17, 15) is 9.59 Å². The number of nitrogens with one attached hydrogen (secondary N) is 1. The maximum absolute atomic E-state index is 12.0. The molecule has 1 saturated heterocycles. The molecule has 1 aromatic rings. The predicted molar refractivity (Wildman–Crippen MR) is 78.7 cm³/mol. The van der Waals surface area contributed by atoms with Crippen LogP contribution >= 0.6 is 11.3 Å². The summed E-state index contributed by atoms with van der Waals surface area (Å²) in [5.74, 6) is 0.0619. The van der Waals surface area contributed by atoms with E-state index in [1.807, 2.05) is 13.8 Å². The molecule has 0 radical (unpaired) electrons. The normalized spacial score (nSPS) is 18.4. The van der Waals surface area contributed by atoms with Crippen molar-refractivity contribution >= 4 is 23.2 Å². The van der Waals surface area contributed by atoms with Crippen LogP contribution in [0.1, 0.15) is 28.9 Å². The Morgan fingerprint density at radius 1 is 1.45 bits per heavy atom. The zero-order valence-corrected chi connectivity index (χ0v) is 13.0. The summed E-state index contributed by atoms with van der Waals surface area (Å²) in [6.45, 7) is 7.43. The van der Waals surface area contributed by atoms with E-state index in [1.54, 1.807) is 23.2 Å². The molecular weight excluding hydrogens is 274 g/mol. The van der Waals surface area contributed by atoms with E-state index in [1.165, 1.54) is 4.88 Å². The molecular formula is C14H21N3O2S. The number of rotatable bonds is 4. The number of amides is 2. The third kappa shape index (κ3) is 3.56. The maximum Gasteiger partial charge on any atom is 0.224 e. The van der Waals surface area contributed by atoms with Gasteiger partial charge in [-0.15, -0.1) is 11.3 Å². The number of carbonyl (C=O) groups is 2. The smallest absolute Gasteiger partial charge is 0.224 e. The molecule has 0 bridgehead atoms. The first-order valence-electron chi connectivity index (χ1n) is 6.93. The van der Waals surface area contributed by atoms with Gasteiger partial charge in [0.25, 0.3) is 0 Å². The highest BCUT2D eigenvalue weighted by Crippen LogP contribution is 2.18. The minimum atomic E-state index is -0.0526. The van der Waals surface area contributed by atoms with E-state index in [-0.39, 0.29) is 17.7 Å². The minimum absolute atomic E-state index is 0.0519. The fourth-order valence-corrected chi connectivity index (χ4v) is 3.45. The van der Waals surface area contributed by atoms with Crippen LogP contribution in [0.15, 0.2) is 0 Å². The summed E-state index contributed by atoms with van der Waals surface area (Å²) in [7, 11) is 0. The molecule has 6 heteroatoms. The van der Waals surface area contributed by atoms with Crippen LogP contribution in [0.3, 0.4) is 0 Å². The zero-order chi connectivity index (χ0) is 14.7. The Hall–Kier alpha value is -1.43. The monoisotopic (exact) mass is 295 g/mol. The van der Waals surface area contributed by atoms with Crippen molar-refractivity contribution in [3.8, 4) is 0 Å². The van der Waals surface area contributed by atoms with Crippen LogP contribution in [-0.2, 0) is 16.0 Å². The van der Waals surface area contributed by atoms with Gasteiger partial charge in [0.1, 0.15) is 0 Å². The zero-order valence-electron chi connectivity index (χ0n) is 12.2. The highest BCUT2D eigenvalue weighted by atomic mass is 32.1. The first-order chi connectivity index (χ1) is 9.47. The van der Waals surface area contributed by atoms with Crippen LogP contribution in [0.25, 0.3) is 0 Å². The second kappa shape index (κ2) is 6.35. The van der Waals surface area contributed by atoms with E-state index in [4.69, 9.17) is 0 Å². The van der Waals surface area contributed by atoms with Crippen molar-refractivity contribution in [3.63, 3.8) is 0 Å². The van der Waals surface area contributed by atoms with E-state index in [2.05, 4.69) is 10.3 Å². The van der Waals surface area contributed by atoms with Crippen LogP contribution in [-0.4, -0.2) is 41.3 Å². The van der Waals surface area contributed by atoms with Crippen molar-refractivity contribution in [2.75, 3.05) is 19.6 Å². The molecule has 0 spiro atoms. The van der Waals surface area contributed by atoms with Gasteiger partial charge in [0.15, 0.2) is 0 Å². The number of aryl methyl sites for hydroxylation is 2. The number of likely N-dealkylation sites (tertiary alicyclic amines) is 1. The van der Waals surface area contributed by atoms with Gasteiger partial charge in [-0.2, -0.15) is 0 Å². The lowest BCUT2D eigenvalue weighted by atomic mass is 10.1. The van der Waals surface area contributed by atoms with E-state index in [0.29, 0.717) is 19.6 Å². The lowest BCUT2D eigenvalue weighted by molar-refractivity contribution is -0.128. The lowest BCUT2D eigenvalue weighted by Crippen LogP contribution is -2.34. The van der Waals surface area contributed by atoms with Crippen molar-refractivity contribution in [2.24, 2.45) is 5.92 Å². The number of hydrogen-bond acceptors (Lipinski definition) is 4. The van der Waals surface area contributed by atoms with Gasteiger partial charge in [-0.1, -0.05) is 0 Å². The molecule has 1 N–H and O–H groups in total. The Balaban J connectivity index is 1.76. The van der Waals surface area contributed by atoms with Crippen LogP contribution in [0.2, 0.25) is 0 Å². The average Bonchev–Trinajstić information content (AvgIpc) is 2.97. The summed E-state index contributed by atoms with van der Waals surface area (Å²) < 4.78 is 0.